The third-order valence-electron chi connectivity index (χ3n) is 3.77. The zero-order chi connectivity index (χ0) is 16.0. The molecule has 118 valence electrons. The summed E-state index contributed by atoms with van der Waals surface area (Å²) in [4.78, 5) is 11.1. The highest BCUT2D eigenvalue weighted by Crippen LogP contribution is 2.33. The number of carboxylic acid groups (broad SMARTS) is 1. The molecule has 0 bridgehead atoms. The van der Waals surface area contributed by atoms with Gasteiger partial charge < -0.3 is 10.8 Å². The summed E-state index contributed by atoms with van der Waals surface area (Å²) in [6.45, 7) is 2.20. The van der Waals surface area contributed by atoms with Gasteiger partial charge in [-0.1, -0.05) is 48.1 Å². The maximum Gasteiger partial charge on any atom is 0.307 e. The number of carbonyl (C=O) groups is 1. The van der Waals surface area contributed by atoms with E-state index in [1.54, 1.807) is 12.1 Å². The van der Waals surface area contributed by atoms with Crippen LogP contribution in [-0.2, 0) is 11.2 Å². The Morgan fingerprint density at radius 1 is 1.29 bits per heavy atom. The van der Waals surface area contributed by atoms with Gasteiger partial charge in [-0.3, -0.25) is 4.79 Å². The molecule has 3 nitrogen and oxygen atoms in total. The Labute approximate surface area is 140 Å². The smallest absolute Gasteiger partial charge is 0.307 e. The van der Waals surface area contributed by atoms with Crippen molar-refractivity contribution < 1.29 is 9.90 Å². The molecule has 0 aliphatic carbocycles. The van der Waals surface area contributed by atoms with Crippen LogP contribution in [0.2, 0.25) is 15.1 Å². The lowest BCUT2D eigenvalue weighted by Gasteiger charge is -2.19. The second kappa shape index (κ2) is 8.84. The standard InChI is InChI=1S/C15H20Cl3NO2/c1-2-9(7-10(8-19)15(20)21)3-4-11-12(16)5-6-13(17)14(11)18/h5-6,9-10H,2-4,7-8,19H2,1H3,(H,20,21). The van der Waals surface area contributed by atoms with E-state index in [0.717, 1.165) is 18.4 Å². The summed E-state index contributed by atoms with van der Waals surface area (Å²) >= 11 is 18.3. The average molecular weight is 353 g/mol. The summed E-state index contributed by atoms with van der Waals surface area (Å²) in [5, 5.41) is 10.6. The van der Waals surface area contributed by atoms with Crippen molar-refractivity contribution in [1.29, 1.82) is 0 Å². The van der Waals surface area contributed by atoms with Crippen LogP contribution in [0.1, 0.15) is 31.7 Å². The summed E-state index contributed by atoms with van der Waals surface area (Å²) in [5.74, 6) is -1.07. The van der Waals surface area contributed by atoms with Crippen LogP contribution in [0.25, 0.3) is 0 Å². The highest BCUT2D eigenvalue weighted by molar-refractivity contribution is 6.44. The van der Waals surface area contributed by atoms with Crippen LogP contribution in [0.5, 0.6) is 0 Å². The molecule has 0 saturated heterocycles. The topological polar surface area (TPSA) is 63.3 Å². The summed E-state index contributed by atoms with van der Waals surface area (Å²) in [5.41, 5.74) is 6.33. The van der Waals surface area contributed by atoms with Crippen LogP contribution in [0.3, 0.4) is 0 Å². The van der Waals surface area contributed by atoms with E-state index in [-0.39, 0.29) is 12.5 Å². The Balaban J connectivity index is 2.72. The predicted molar refractivity (Wildman–Crippen MR) is 88.4 cm³/mol. The molecule has 2 unspecified atom stereocenters. The summed E-state index contributed by atoms with van der Waals surface area (Å²) in [6, 6.07) is 3.40. The van der Waals surface area contributed by atoms with E-state index in [9.17, 15) is 4.79 Å². The average Bonchev–Trinajstić information content (AvgIpc) is 2.45. The lowest BCUT2D eigenvalue weighted by atomic mass is 9.88. The maximum absolute atomic E-state index is 11.1. The van der Waals surface area contributed by atoms with E-state index in [1.165, 1.54) is 0 Å². The molecule has 0 aliphatic rings. The zero-order valence-electron chi connectivity index (χ0n) is 11.9. The van der Waals surface area contributed by atoms with Crippen molar-refractivity contribution in [3.63, 3.8) is 0 Å². The molecule has 2 atom stereocenters. The van der Waals surface area contributed by atoms with Gasteiger partial charge in [-0.05, 0) is 42.9 Å². The van der Waals surface area contributed by atoms with E-state index < -0.39 is 11.9 Å². The van der Waals surface area contributed by atoms with E-state index in [4.69, 9.17) is 45.6 Å². The number of hydrogen-bond donors (Lipinski definition) is 2. The van der Waals surface area contributed by atoms with Crippen molar-refractivity contribution in [3.05, 3.63) is 32.8 Å². The van der Waals surface area contributed by atoms with Crippen LogP contribution >= 0.6 is 34.8 Å². The van der Waals surface area contributed by atoms with Gasteiger partial charge in [-0.15, -0.1) is 0 Å². The first-order chi connectivity index (χ1) is 9.90. The van der Waals surface area contributed by atoms with Gasteiger partial charge >= 0.3 is 5.97 Å². The molecule has 0 radical (unpaired) electrons. The van der Waals surface area contributed by atoms with Gasteiger partial charge in [0.15, 0.2) is 0 Å². The molecular weight excluding hydrogens is 333 g/mol. The highest BCUT2D eigenvalue weighted by Gasteiger charge is 2.21. The first-order valence-electron chi connectivity index (χ1n) is 6.95. The molecule has 1 aromatic rings. The number of benzene rings is 1. The molecule has 0 fully saturated rings. The van der Waals surface area contributed by atoms with Crippen molar-refractivity contribution in [3.8, 4) is 0 Å². The van der Waals surface area contributed by atoms with Gasteiger partial charge in [0.05, 0.1) is 16.0 Å². The van der Waals surface area contributed by atoms with E-state index in [0.29, 0.717) is 27.9 Å². The Morgan fingerprint density at radius 2 is 1.90 bits per heavy atom. The third kappa shape index (κ3) is 5.33. The number of hydrogen-bond acceptors (Lipinski definition) is 2. The van der Waals surface area contributed by atoms with E-state index in [1.807, 2.05) is 6.92 Å². The van der Waals surface area contributed by atoms with Gasteiger partial charge in [0, 0.05) is 11.6 Å². The monoisotopic (exact) mass is 351 g/mol. The fraction of sp³-hybridized carbons (Fsp3) is 0.533. The van der Waals surface area contributed by atoms with Gasteiger partial charge in [0.1, 0.15) is 0 Å². The lowest BCUT2D eigenvalue weighted by Crippen LogP contribution is -2.26. The fourth-order valence-corrected chi connectivity index (χ4v) is 3.07. The molecule has 0 aromatic heterocycles. The van der Waals surface area contributed by atoms with Crippen LogP contribution in [0.15, 0.2) is 12.1 Å². The molecule has 21 heavy (non-hydrogen) atoms. The van der Waals surface area contributed by atoms with Gasteiger partial charge in [-0.2, -0.15) is 0 Å². The molecule has 0 aliphatic heterocycles. The highest BCUT2D eigenvalue weighted by atomic mass is 35.5. The summed E-state index contributed by atoms with van der Waals surface area (Å²) < 4.78 is 0. The van der Waals surface area contributed by atoms with Crippen LogP contribution in [0, 0.1) is 11.8 Å². The second-order valence-corrected chi connectivity index (χ2v) is 6.33. The molecule has 1 aromatic carbocycles. The molecule has 0 heterocycles. The predicted octanol–water partition coefficient (Wildman–Crippen LogP) is 4.66. The van der Waals surface area contributed by atoms with Crippen molar-refractivity contribution in [2.24, 2.45) is 17.6 Å². The fourth-order valence-electron chi connectivity index (χ4n) is 2.34. The van der Waals surface area contributed by atoms with Crippen LogP contribution in [0.4, 0.5) is 0 Å². The van der Waals surface area contributed by atoms with Crippen molar-refractivity contribution in [2.45, 2.75) is 32.6 Å². The molecule has 0 spiro atoms. The number of aliphatic carboxylic acids is 1. The minimum Gasteiger partial charge on any atom is -0.481 e. The van der Waals surface area contributed by atoms with Crippen molar-refractivity contribution >= 4 is 40.8 Å². The normalized spacial score (nSPS) is 14.0. The zero-order valence-corrected chi connectivity index (χ0v) is 14.2. The minimum atomic E-state index is -0.838. The second-order valence-electron chi connectivity index (χ2n) is 5.14. The summed E-state index contributed by atoms with van der Waals surface area (Å²) in [6.07, 6.45) is 2.94. The maximum atomic E-state index is 11.1. The Kier molecular flexibility index (Phi) is 7.82. The first-order valence-corrected chi connectivity index (χ1v) is 8.09. The van der Waals surface area contributed by atoms with Gasteiger partial charge in [-0.25, -0.2) is 0 Å². The largest absolute Gasteiger partial charge is 0.481 e. The lowest BCUT2D eigenvalue weighted by molar-refractivity contribution is -0.142. The molecule has 0 saturated carbocycles. The quantitative estimate of drug-likeness (QED) is 0.669. The van der Waals surface area contributed by atoms with Gasteiger partial charge in [0.25, 0.3) is 0 Å². The molecule has 0 amide bonds. The van der Waals surface area contributed by atoms with Crippen LogP contribution in [-0.4, -0.2) is 17.6 Å². The van der Waals surface area contributed by atoms with Crippen LogP contribution < -0.4 is 5.73 Å². The summed E-state index contributed by atoms with van der Waals surface area (Å²) in [7, 11) is 0. The minimum absolute atomic E-state index is 0.157. The first kappa shape index (κ1) is 18.6. The Morgan fingerprint density at radius 3 is 2.43 bits per heavy atom. The van der Waals surface area contributed by atoms with Gasteiger partial charge in [0.2, 0.25) is 0 Å². The van der Waals surface area contributed by atoms with Crippen molar-refractivity contribution in [1.82, 2.24) is 0 Å². The van der Waals surface area contributed by atoms with E-state index in [2.05, 4.69) is 0 Å². The molecule has 1 rings (SSSR count). The SMILES string of the molecule is CCC(CCc1c(Cl)ccc(Cl)c1Cl)CC(CN)C(=O)O. The Hall–Kier alpha value is -0.480. The molecular formula is C15H20Cl3NO2. The number of rotatable bonds is 8. The Bertz CT molecular complexity index is 494. The number of nitrogens with two attached hydrogens (primary N) is 1. The molecule has 6 heteroatoms. The van der Waals surface area contributed by atoms with E-state index >= 15 is 0 Å². The number of halogens is 3. The third-order valence-corrected chi connectivity index (χ3v) is 4.97. The molecule has 3 N–H and O–H groups in total. The number of carboxylic acids is 1. The van der Waals surface area contributed by atoms with Crippen molar-refractivity contribution in [2.75, 3.05) is 6.54 Å².